The summed E-state index contributed by atoms with van der Waals surface area (Å²) in [5.74, 6) is 1.47. The van der Waals surface area contributed by atoms with Gasteiger partial charge in [-0.25, -0.2) is 13.4 Å². The Labute approximate surface area is 121 Å². The van der Waals surface area contributed by atoms with E-state index in [9.17, 15) is 8.42 Å². The van der Waals surface area contributed by atoms with Crippen molar-refractivity contribution < 1.29 is 17.9 Å². The Bertz CT molecular complexity index is 758. The largest absolute Gasteiger partial charge is 0.454 e. The van der Waals surface area contributed by atoms with Gasteiger partial charge in [-0.2, -0.15) is 9.40 Å². The van der Waals surface area contributed by atoms with Crippen molar-refractivity contribution in [3.63, 3.8) is 0 Å². The molecule has 0 saturated carbocycles. The number of nitrogens with zero attached hydrogens (tertiary/aromatic N) is 3. The first-order valence-corrected chi connectivity index (χ1v) is 7.63. The van der Waals surface area contributed by atoms with Gasteiger partial charge >= 0.3 is 0 Å². The van der Waals surface area contributed by atoms with E-state index < -0.39 is 10.0 Å². The lowest BCUT2D eigenvalue weighted by atomic mass is 10.2. The first-order valence-electron chi connectivity index (χ1n) is 6.19. The van der Waals surface area contributed by atoms with E-state index in [0.717, 1.165) is 0 Å². The number of aromatic amines is 1. The van der Waals surface area contributed by atoms with Gasteiger partial charge in [0, 0.05) is 13.1 Å². The molecule has 0 spiro atoms. The summed E-state index contributed by atoms with van der Waals surface area (Å²) in [6.07, 6.45) is 1.33. The summed E-state index contributed by atoms with van der Waals surface area (Å²) in [5, 5.41) is 6.34. The van der Waals surface area contributed by atoms with Gasteiger partial charge < -0.3 is 9.47 Å². The summed E-state index contributed by atoms with van der Waals surface area (Å²) in [6, 6.07) is 3.15. The van der Waals surface area contributed by atoms with Gasteiger partial charge in [0.2, 0.25) is 16.8 Å². The van der Waals surface area contributed by atoms with Gasteiger partial charge in [-0.05, 0) is 18.6 Å². The van der Waals surface area contributed by atoms with Crippen molar-refractivity contribution in [3.8, 4) is 11.5 Å². The van der Waals surface area contributed by atoms with E-state index in [1.807, 2.05) is 0 Å². The molecule has 1 aromatic heterocycles. The minimum absolute atomic E-state index is 0.103. The zero-order valence-electron chi connectivity index (χ0n) is 11.5. The van der Waals surface area contributed by atoms with Crippen LogP contribution in [0, 0.1) is 6.92 Å². The number of hydrogen-bond donors (Lipinski definition) is 1. The number of ether oxygens (including phenoxy) is 2. The van der Waals surface area contributed by atoms with E-state index in [1.165, 1.54) is 23.7 Å². The number of sulfonamides is 1. The molecule has 2 aromatic rings. The first kappa shape index (κ1) is 13.8. The number of fused-ring (bicyclic) bond motifs is 1. The van der Waals surface area contributed by atoms with Crippen LogP contribution in [0.25, 0.3) is 0 Å². The lowest BCUT2D eigenvalue weighted by molar-refractivity contribution is 0.174. The third-order valence-corrected chi connectivity index (χ3v) is 5.14. The van der Waals surface area contributed by atoms with Crippen molar-refractivity contribution in [1.82, 2.24) is 19.5 Å². The van der Waals surface area contributed by atoms with Crippen molar-refractivity contribution in [1.29, 1.82) is 0 Å². The SMILES string of the molecule is Cc1cc2c(cc1S(=O)(=O)N(C)Cc1ncn[nH]1)OCO2. The molecule has 3 rings (SSSR count). The Morgan fingerprint density at radius 2 is 2.05 bits per heavy atom. The van der Waals surface area contributed by atoms with Crippen LogP contribution in [-0.2, 0) is 16.6 Å². The molecule has 0 atom stereocenters. The fourth-order valence-corrected chi connectivity index (χ4v) is 3.42. The van der Waals surface area contributed by atoms with Crippen molar-refractivity contribution >= 4 is 10.0 Å². The average Bonchev–Trinajstić information content (AvgIpc) is 3.08. The predicted octanol–water partition coefficient (Wildman–Crippen LogP) is 0.663. The normalized spacial score (nSPS) is 13.9. The number of H-pyrrole nitrogens is 1. The smallest absolute Gasteiger partial charge is 0.243 e. The predicted molar refractivity (Wildman–Crippen MR) is 72.3 cm³/mol. The molecule has 0 radical (unpaired) electrons. The van der Waals surface area contributed by atoms with Gasteiger partial charge in [-0.15, -0.1) is 0 Å². The molecule has 0 amide bonds. The van der Waals surface area contributed by atoms with Crippen LogP contribution >= 0.6 is 0 Å². The fraction of sp³-hybridized carbons (Fsp3) is 0.333. The zero-order valence-corrected chi connectivity index (χ0v) is 12.3. The zero-order chi connectivity index (χ0) is 15.0. The average molecular weight is 310 g/mol. The Morgan fingerprint density at radius 3 is 2.71 bits per heavy atom. The summed E-state index contributed by atoms with van der Waals surface area (Å²) < 4.78 is 37.0. The van der Waals surface area contributed by atoms with Gasteiger partial charge in [0.05, 0.1) is 11.4 Å². The Kier molecular flexibility index (Phi) is 3.30. The summed E-state index contributed by atoms with van der Waals surface area (Å²) in [4.78, 5) is 4.11. The molecule has 0 aliphatic carbocycles. The molecule has 0 saturated heterocycles. The van der Waals surface area contributed by atoms with Crippen LogP contribution in [0.5, 0.6) is 11.5 Å². The summed E-state index contributed by atoms with van der Waals surface area (Å²) in [5.41, 5.74) is 0.601. The molecule has 0 unspecified atom stereocenters. The Hall–Kier alpha value is -2.13. The molecule has 21 heavy (non-hydrogen) atoms. The second-order valence-electron chi connectivity index (χ2n) is 4.66. The number of rotatable bonds is 4. The van der Waals surface area contributed by atoms with E-state index in [0.29, 0.717) is 22.9 Å². The highest BCUT2D eigenvalue weighted by molar-refractivity contribution is 7.89. The molecule has 1 N–H and O–H groups in total. The van der Waals surface area contributed by atoms with Crippen LogP contribution in [0.15, 0.2) is 23.4 Å². The van der Waals surface area contributed by atoms with Gasteiger partial charge in [0.15, 0.2) is 11.5 Å². The molecular formula is C12H14N4O4S. The Balaban J connectivity index is 1.94. The van der Waals surface area contributed by atoms with Crippen LogP contribution < -0.4 is 9.47 Å². The van der Waals surface area contributed by atoms with Gasteiger partial charge in [0.1, 0.15) is 12.2 Å². The molecular weight excluding hydrogens is 296 g/mol. The minimum atomic E-state index is -3.66. The van der Waals surface area contributed by atoms with E-state index in [2.05, 4.69) is 15.2 Å². The van der Waals surface area contributed by atoms with Crippen molar-refractivity contribution in [3.05, 3.63) is 29.8 Å². The maximum Gasteiger partial charge on any atom is 0.243 e. The third kappa shape index (κ3) is 2.45. The molecule has 1 aliphatic rings. The van der Waals surface area contributed by atoms with Crippen molar-refractivity contribution in [2.45, 2.75) is 18.4 Å². The molecule has 112 valence electrons. The number of aromatic nitrogens is 3. The second-order valence-corrected chi connectivity index (χ2v) is 6.68. The number of benzene rings is 1. The molecule has 1 aromatic carbocycles. The fourth-order valence-electron chi connectivity index (χ4n) is 2.07. The van der Waals surface area contributed by atoms with Gasteiger partial charge in [0.25, 0.3) is 0 Å². The molecule has 9 heteroatoms. The van der Waals surface area contributed by atoms with Crippen LogP contribution in [-0.4, -0.2) is 41.7 Å². The highest BCUT2D eigenvalue weighted by atomic mass is 32.2. The van der Waals surface area contributed by atoms with Crippen LogP contribution in [0.2, 0.25) is 0 Å². The lowest BCUT2D eigenvalue weighted by Crippen LogP contribution is -2.27. The number of nitrogens with one attached hydrogen (secondary N) is 1. The number of aryl methyl sites for hydroxylation is 1. The maximum absolute atomic E-state index is 12.6. The quantitative estimate of drug-likeness (QED) is 0.891. The van der Waals surface area contributed by atoms with Crippen LogP contribution in [0.1, 0.15) is 11.4 Å². The highest BCUT2D eigenvalue weighted by Crippen LogP contribution is 2.36. The lowest BCUT2D eigenvalue weighted by Gasteiger charge is -2.17. The minimum Gasteiger partial charge on any atom is -0.454 e. The second kappa shape index (κ2) is 5.01. The number of hydrogen-bond acceptors (Lipinski definition) is 6. The molecule has 1 aliphatic heterocycles. The van der Waals surface area contributed by atoms with Crippen molar-refractivity contribution in [2.75, 3.05) is 13.8 Å². The summed E-state index contributed by atoms with van der Waals surface area (Å²) >= 11 is 0. The molecule has 2 heterocycles. The van der Waals surface area contributed by atoms with Crippen molar-refractivity contribution in [2.24, 2.45) is 0 Å². The topological polar surface area (TPSA) is 97.4 Å². The van der Waals surface area contributed by atoms with E-state index in [-0.39, 0.29) is 18.2 Å². The van der Waals surface area contributed by atoms with Crippen LogP contribution in [0.4, 0.5) is 0 Å². The van der Waals surface area contributed by atoms with E-state index >= 15 is 0 Å². The first-order chi connectivity index (χ1) is 9.98. The summed E-state index contributed by atoms with van der Waals surface area (Å²) in [7, 11) is -2.17. The van der Waals surface area contributed by atoms with E-state index in [1.54, 1.807) is 13.0 Å². The standard InChI is InChI=1S/C12H14N4O4S/c1-8-3-9-10(20-7-19-9)4-11(8)21(17,18)16(2)5-12-13-6-14-15-12/h3-4,6H,5,7H2,1-2H3,(H,13,14,15). The molecule has 0 fully saturated rings. The molecule has 0 bridgehead atoms. The van der Waals surface area contributed by atoms with Gasteiger partial charge in [-0.1, -0.05) is 0 Å². The third-order valence-electron chi connectivity index (χ3n) is 3.20. The Morgan fingerprint density at radius 1 is 1.33 bits per heavy atom. The summed E-state index contributed by atoms with van der Waals surface area (Å²) in [6.45, 7) is 1.93. The van der Waals surface area contributed by atoms with E-state index in [4.69, 9.17) is 9.47 Å². The maximum atomic E-state index is 12.6. The monoisotopic (exact) mass is 310 g/mol. The highest BCUT2D eigenvalue weighted by Gasteiger charge is 2.27. The van der Waals surface area contributed by atoms with Crippen LogP contribution in [0.3, 0.4) is 0 Å². The van der Waals surface area contributed by atoms with Gasteiger partial charge in [-0.3, -0.25) is 5.10 Å². The molecule has 8 nitrogen and oxygen atoms in total.